The lowest BCUT2D eigenvalue weighted by Gasteiger charge is -2.05. The van der Waals surface area contributed by atoms with E-state index in [-0.39, 0.29) is 5.57 Å². The Morgan fingerprint density at radius 2 is 1.25 bits per heavy atom. The van der Waals surface area contributed by atoms with E-state index in [2.05, 4.69) is 79.8 Å². The van der Waals surface area contributed by atoms with E-state index in [0.717, 1.165) is 10.4 Å². The van der Waals surface area contributed by atoms with Gasteiger partial charge in [0, 0.05) is 9.75 Å². The minimum atomic E-state index is -1.21. The maximum absolute atomic E-state index is 11.1. The van der Waals surface area contributed by atoms with E-state index in [1.54, 1.807) is 17.4 Å². The van der Waals surface area contributed by atoms with Crippen LogP contribution in [0.3, 0.4) is 0 Å². The molecule has 0 fully saturated rings. The molecule has 0 saturated heterocycles. The van der Waals surface area contributed by atoms with Gasteiger partial charge in [0.2, 0.25) is 0 Å². The topological polar surface area (TPSA) is 61.1 Å². The number of carboxylic acids is 1. The van der Waals surface area contributed by atoms with Gasteiger partial charge in [-0.1, -0.05) is 124 Å². The van der Waals surface area contributed by atoms with E-state index in [1.807, 2.05) is 47.8 Å². The fourth-order valence-corrected chi connectivity index (χ4v) is 11.4. The van der Waals surface area contributed by atoms with Crippen LogP contribution < -0.4 is 0 Å². The van der Waals surface area contributed by atoms with Crippen LogP contribution in [0.4, 0.5) is 0 Å². The number of nitrogens with zero attached hydrogens (tertiary/aromatic N) is 1. The molecule has 0 unspecified atom stereocenters. The summed E-state index contributed by atoms with van der Waals surface area (Å²) in [6, 6.07) is 22.5. The average Bonchev–Trinajstić information content (AvgIpc) is 3.68. The summed E-state index contributed by atoms with van der Waals surface area (Å²) < 4.78 is 4.36. The molecule has 0 radical (unpaired) electrons. The highest BCUT2D eigenvalue weighted by Crippen LogP contribution is 2.58. The number of carboxylic acid groups (broad SMARTS) is 1. The van der Waals surface area contributed by atoms with Crippen molar-refractivity contribution in [1.29, 1.82) is 5.26 Å². The number of benzene rings is 2. The zero-order chi connectivity index (χ0) is 31.1. The first-order chi connectivity index (χ1) is 21.5. The predicted octanol–water partition coefficient (Wildman–Crippen LogP) is 12.6. The second kappa shape index (κ2) is 18.6. The van der Waals surface area contributed by atoms with Crippen LogP contribution >= 0.6 is 58.4 Å². The lowest BCUT2D eigenvalue weighted by molar-refractivity contribution is -0.132. The first-order valence-corrected chi connectivity index (χ1v) is 19.7. The Labute approximate surface area is 283 Å². The summed E-state index contributed by atoms with van der Waals surface area (Å²) >= 11 is 9.75. The van der Waals surface area contributed by atoms with Crippen molar-refractivity contribution in [2.24, 2.45) is 0 Å². The Balaban J connectivity index is 1.38. The number of thioether (sulfide) groups is 4. The minimum absolute atomic E-state index is 0.272. The summed E-state index contributed by atoms with van der Waals surface area (Å²) in [4.78, 5) is 13.5. The van der Waals surface area contributed by atoms with Gasteiger partial charge in [-0.15, -0.1) is 34.9 Å². The molecule has 3 nitrogen and oxygen atoms in total. The maximum Gasteiger partial charge on any atom is 0.346 e. The average molecular weight is 678 g/mol. The largest absolute Gasteiger partial charge is 0.477 e. The van der Waals surface area contributed by atoms with Crippen molar-refractivity contribution in [1.82, 2.24) is 0 Å². The predicted molar refractivity (Wildman–Crippen MR) is 200 cm³/mol. The van der Waals surface area contributed by atoms with Gasteiger partial charge in [-0.3, -0.25) is 0 Å². The van der Waals surface area contributed by atoms with Gasteiger partial charge in [-0.2, -0.15) is 5.26 Å². The molecule has 0 saturated carbocycles. The third-order valence-electron chi connectivity index (χ3n) is 6.96. The molecule has 2 aromatic carbocycles. The monoisotopic (exact) mass is 677 g/mol. The van der Waals surface area contributed by atoms with Gasteiger partial charge < -0.3 is 5.11 Å². The molecule has 8 heteroatoms. The van der Waals surface area contributed by atoms with Crippen molar-refractivity contribution in [3.05, 3.63) is 90.1 Å². The van der Waals surface area contributed by atoms with Crippen molar-refractivity contribution in [3.8, 4) is 27.0 Å². The van der Waals surface area contributed by atoms with Crippen LogP contribution in [0.25, 0.3) is 33.0 Å². The number of thiophene rings is 1. The SMILES string of the molecule is CCCCCCSC1=C(SCCCCCC)SC(=Cc2ccc(-c3ccc(-c4ccc(/C=C(/C#N)C(=O)O)cc4)s3)cc2)S1. The van der Waals surface area contributed by atoms with Crippen LogP contribution in [0.5, 0.6) is 0 Å². The highest BCUT2D eigenvalue weighted by atomic mass is 32.3. The van der Waals surface area contributed by atoms with Crippen LogP contribution in [0.2, 0.25) is 0 Å². The first-order valence-electron chi connectivity index (χ1n) is 15.2. The number of nitriles is 1. The third-order valence-corrected chi connectivity index (χ3v) is 13.7. The second-order valence-electron chi connectivity index (χ2n) is 10.4. The molecule has 0 bridgehead atoms. The molecule has 0 amide bonds. The van der Waals surface area contributed by atoms with Gasteiger partial charge in [0.15, 0.2) is 0 Å². The van der Waals surface area contributed by atoms with Gasteiger partial charge in [0.05, 0.1) is 12.7 Å². The molecular weight excluding hydrogens is 639 g/mol. The van der Waals surface area contributed by atoms with Gasteiger partial charge in [0.1, 0.15) is 11.6 Å². The lowest BCUT2D eigenvalue weighted by atomic mass is 10.1. The fraction of sp³-hybridized carbons (Fsp3) is 0.333. The van der Waals surface area contributed by atoms with Gasteiger partial charge >= 0.3 is 5.97 Å². The van der Waals surface area contributed by atoms with E-state index in [4.69, 9.17) is 10.4 Å². The molecule has 0 spiro atoms. The Kier molecular flexibility index (Phi) is 14.6. The van der Waals surface area contributed by atoms with Crippen molar-refractivity contribution in [2.45, 2.75) is 65.2 Å². The number of hydrogen-bond acceptors (Lipinski definition) is 7. The lowest BCUT2D eigenvalue weighted by Crippen LogP contribution is -1.97. The molecule has 44 heavy (non-hydrogen) atoms. The van der Waals surface area contributed by atoms with Crippen molar-refractivity contribution in [2.75, 3.05) is 11.5 Å². The van der Waals surface area contributed by atoms with E-state index in [1.165, 1.54) is 97.7 Å². The molecule has 4 rings (SSSR count). The van der Waals surface area contributed by atoms with Crippen LogP contribution in [0.1, 0.15) is 76.3 Å². The number of unbranched alkanes of at least 4 members (excludes halogenated alkanes) is 6. The highest BCUT2D eigenvalue weighted by Gasteiger charge is 2.22. The molecule has 1 aliphatic rings. The smallest absolute Gasteiger partial charge is 0.346 e. The van der Waals surface area contributed by atoms with E-state index < -0.39 is 5.97 Å². The summed E-state index contributed by atoms with van der Waals surface area (Å²) in [6.07, 6.45) is 14.2. The van der Waals surface area contributed by atoms with Crippen molar-refractivity contribution in [3.63, 3.8) is 0 Å². The third kappa shape index (κ3) is 10.7. The number of aliphatic carboxylic acids is 1. The quantitative estimate of drug-likeness (QED) is 0.0866. The highest BCUT2D eigenvalue weighted by molar-refractivity contribution is 8.40. The van der Waals surface area contributed by atoms with Crippen LogP contribution in [-0.4, -0.2) is 22.6 Å². The molecule has 1 aliphatic heterocycles. The molecule has 0 aliphatic carbocycles. The zero-order valence-corrected chi connectivity index (χ0v) is 29.4. The Hall–Kier alpha value is -2.28. The number of hydrogen-bond donors (Lipinski definition) is 1. The summed E-state index contributed by atoms with van der Waals surface area (Å²) in [5.74, 6) is 1.20. The molecule has 230 valence electrons. The summed E-state index contributed by atoms with van der Waals surface area (Å²) in [5, 5.41) is 18.1. The first kappa shape index (κ1) is 34.6. The molecule has 1 aromatic heterocycles. The Morgan fingerprint density at radius 1 is 0.750 bits per heavy atom. The Morgan fingerprint density at radius 3 is 1.70 bits per heavy atom. The van der Waals surface area contributed by atoms with Crippen molar-refractivity contribution >= 4 is 76.5 Å². The van der Waals surface area contributed by atoms with E-state index in [9.17, 15) is 4.79 Å². The maximum atomic E-state index is 11.1. The van der Waals surface area contributed by atoms with Crippen LogP contribution in [-0.2, 0) is 4.79 Å². The standard InChI is InChI=1S/C36H39NO2S5/c1-3-5-7-9-21-40-35-36(41-22-10-8-6-4-2)44-33(43-35)24-27-13-17-29(18-14-27)32-20-19-31(42-32)28-15-11-26(12-16-28)23-30(25-37)34(38)39/h11-20,23-24H,3-10,21-22H2,1-2H3,(H,38,39)/b30-23-. The zero-order valence-electron chi connectivity index (χ0n) is 25.3. The molecule has 0 atom stereocenters. The molecule has 2 heterocycles. The molecular formula is C36H39NO2S5. The van der Waals surface area contributed by atoms with Crippen LogP contribution in [0.15, 0.2) is 78.9 Å². The summed E-state index contributed by atoms with van der Waals surface area (Å²) in [7, 11) is 0. The second-order valence-corrected chi connectivity index (χ2v) is 16.6. The summed E-state index contributed by atoms with van der Waals surface area (Å²) in [6.45, 7) is 4.54. The van der Waals surface area contributed by atoms with Crippen LogP contribution in [0, 0.1) is 11.3 Å². The fourth-order valence-electron chi connectivity index (χ4n) is 4.49. The van der Waals surface area contributed by atoms with E-state index >= 15 is 0 Å². The van der Waals surface area contributed by atoms with Gasteiger partial charge in [-0.25, -0.2) is 4.79 Å². The Bertz CT molecular complexity index is 1480. The molecule has 1 N–H and O–H groups in total. The van der Waals surface area contributed by atoms with Crippen molar-refractivity contribution < 1.29 is 9.90 Å². The molecule has 3 aromatic rings. The number of rotatable bonds is 17. The summed E-state index contributed by atoms with van der Waals surface area (Å²) in [5.41, 5.74) is 3.90. The van der Waals surface area contributed by atoms with E-state index in [0.29, 0.717) is 5.56 Å². The van der Waals surface area contributed by atoms with Gasteiger partial charge in [-0.05, 0) is 70.9 Å². The normalized spacial score (nSPS) is 13.4. The van der Waals surface area contributed by atoms with Gasteiger partial charge in [0.25, 0.3) is 0 Å². The number of carbonyl (C=O) groups is 1. The minimum Gasteiger partial charge on any atom is -0.477 e.